The maximum atomic E-state index is 13.6. The number of hydrogen-bond donors (Lipinski definition) is 1. The van der Waals surface area contributed by atoms with Gasteiger partial charge in [-0.05, 0) is 85.1 Å². The van der Waals surface area contributed by atoms with Crippen molar-refractivity contribution in [2.24, 2.45) is 0 Å². The molecular weight excluding hydrogens is 574 g/mol. The third-order valence-corrected chi connectivity index (χ3v) is 9.16. The molecule has 10 heteroatoms. The highest BCUT2D eigenvalue weighted by atomic mass is 35.5. The highest BCUT2D eigenvalue weighted by molar-refractivity contribution is 7.89. The summed E-state index contributed by atoms with van der Waals surface area (Å²) in [6, 6.07) is 25.6. The molecule has 42 heavy (non-hydrogen) atoms. The van der Waals surface area contributed by atoms with Crippen LogP contribution in [0.2, 0.25) is 5.02 Å². The fourth-order valence-corrected chi connectivity index (χ4v) is 6.31. The molecule has 1 heterocycles. The first-order valence-electron chi connectivity index (χ1n) is 13.3. The van der Waals surface area contributed by atoms with Crippen molar-refractivity contribution in [1.82, 2.24) is 4.31 Å². The lowest BCUT2D eigenvalue weighted by atomic mass is 10.1. The summed E-state index contributed by atoms with van der Waals surface area (Å²) in [6.07, 6.45) is 0.690. The lowest BCUT2D eigenvalue weighted by Gasteiger charge is -2.22. The number of nitrogens with zero attached hydrogens (tertiary/aromatic N) is 2. The van der Waals surface area contributed by atoms with E-state index in [-0.39, 0.29) is 17.3 Å². The largest absolute Gasteiger partial charge is 0.497 e. The molecule has 0 saturated carbocycles. The summed E-state index contributed by atoms with van der Waals surface area (Å²) in [5.41, 5.74) is 4.30. The van der Waals surface area contributed by atoms with Gasteiger partial charge >= 0.3 is 0 Å². The van der Waals surface area contributed by atoms with Crippen molar-refractivity contribution in [2.45, 2.75) is 24.8 Å². The van der Waals surface area contributed by atoms with Crippen molar-refractivity contribution in [1.29, 1.82) is 0 Å². The number of carbonyl (C=O) groups excluding carboxylic acids is 2. The van der Waals surface area contributed by atoms with Crippen LogP contribution in [0.4, 0.5) is 11.4 Å². The molecule has 4 aromatic carbocycles. The number of benzene rings is 4. The zero-order chi connectivity index (χ0) is 29.9. The summed E-state index contributed by atoms with van der Waals surface area (Å²) in [6.45, 7) is 1.96. The molecule has 0 aromatic heterocycles. The molecule has 5 rings (SSSR count). The third kappa shape index (κ3) is 6.49. The fraction of sp³-hybridized carbons (Fsp3) is 0.188. The van der Waals surface area contributed by atoms with E-state index in [1.165, 1.54) is 12.1 Å². The van der Waals surface area contributed by atoms with Gasteiger partial charge in [-0.15, -0.1) is 0 Å². The quantitative estimate of drug-likeness (QED) is 0.265. The highest BCUT2D eigenvalue weighted by Gasteiger charge is 2.29. The van der Waals surface area contributed by atoms with Gasteiger partial charge in [0.15, 0.2) is 0 Å². The molecule has 0 spiro atoms. The Balaban J connectivity index is 1.35. The average molecular weight is 604 g/mol. The second kappa shape index (κ2) is 12.4. The van der Waals surface area contributed by atoms with E-state index in [2.05, 4.69) is 5.32 Å². The van der Waals surface area contributed by atoms with Crippen LogP contribution in [0.3, 0.4) is 0 Å². The van der Waals surface area contributed by atoms with Crippen LogP contribution in [0.1, 0.15) is 27.0 Å². The van der Waals surface area contributed by atoms with Crippen molar-refractivity contribution in [3.8, 4) is 5.75 Å². The first kappa shape index (κ1) is 29.3. The molecule has 0 unspecified atom stereocenters. The molecule has 2 amide bonds. The average Bonchev–Trinajstić information content (AvgIpc) is 3.41. The Morgan fingerprint density at radius 1 is 0.952 bits per heavy atom. The monoisotopic (exact) mass is 603 g/mol. The van der Waals surface area contributed by atoms with Gasteiger partial charge in [0.05, 0.1) is 18.6 Å². The lowest BCUT2D eigenvalue weighted by Crippen LogP contribution is -2.37. The van der Waals surface area contributed by atoms with E-state index in [0.29, 0.717) is 46.2 Å². The number of carbonyl (C=O) groups is 2. The minimum Gasteiger partial charge on any atom is -0.497 e. The van der Waals surface area contributed by atoms with Gasteiger partial charge in [0.25, 0.3) is 5.91 Å². The number of amides is 2. The van der Waals surface area contributed by atoms with Crippen LogP contribution >= 0.6 is 11.6 Å². The Kier molecular flexibility index (Phi) is 8.63. The van der Waals surface area contributed by atoms with Gasteiger partial charge in [0.2, 0.25) is 15.9 Å². The van der Waals surface area contributed by atoms with Crippen molar-refractivity contribution in [3.05, 3.63) is 118 Å². The van der Waals surface area contributed by atoms with Crippen molar-refractivity contribution >= 4 is 44.8 Å². The molecule has 1 aliphatic rings. The molecule has 0 bridgehead atoms. The van der Waals surface area contributed by atoms with Crippen LogP contribution in [0.5, 0.6) is 5.75 Å². The highest BCUT2D eigenvalue weighted by Crippen LogP contribution is 2.32. The van der Waals surface area contributed by atoms with Gasteiger partial charge in [-0.2, -0.15) is 4.31 Å². The maximum Gasteiger partial charge on any atom is 0.258 e. The van der Waals surface area contributed by atoms with E-state index in [0.717, 1.165) is 15.4 Å². The smallest absolute Gasteiger partial charge is 0.258 e. The number of fused-ring (bicyclic) bond motifs is 1. The summed E-state index contributed by atoms with van der Waals surface area (Å²) < 4.78 is 33.6. The Hall–Kier alpha value is -4.18. The molecule has 0 aliphatic carbocycles. The predicted molar refractivity (Wildman–Crippen MR) is 164 cm³/mol. The number of hydrogen-bond acceptors (Lipinski definition) is 5. The second-order valence-electron chi connectivity index (χ2n) is 10.0. The van der Waals surface area contributed by atoms with Crippen molar-refractivity contribution < 1.29 is 22.7 Å². The molecule has 8 nitrogen and oxygen atoms in total. The molecule has 216 valence electrons. The molecular formula is C32H30ClN3O5S. The molecule has 0 fully saturated rings. The zero-order valence-electron chi connectivity index (χ0n) is 23.2. The van der Waals surface area contributed by atoms with Crippen molar-refractivity contribution in [3.63, 3.8) is 0 Å². The number of aryl methyl sites for hydroxylation is 1. The van der Waals surface area contributed by atoms with Crippen LogP contribution in [0.15, 0.2) is 95.9 Å². The van der Waals surface area contributed by atoms with Crippen LogP contribution in [-0.2, 0) is 27.8 Å². The van der Waals surface area contributed by atoms with E-state index in [4.69, 9.17) is 16.3 Å². The number of sulfonamides is 1. The summed E-state index contributed by atoms with van der Waals surface area (Å²) >= 11 is 6.01. The minimum atomic E-state index is -4.00. The molecule has 0 saturated heterocycles. The van der Waals surface area contributed by atoms with Crippen LogP contribution in [0, 0.1) is 6.92 Å². The molecule has 1 N–H and O–H groups in total. The Morgan fingerprint density at radius 3 is 2.31 bits per heavy atom. The SMILES string of the molecule is COc1ccc(C(=O)N2CCc3ccc(NC(=O)CN(Cc4ccc(Cl)cc4)S(=O)(=O)c4ccc(C)cc4)cc32)cc1. The van der Waals surface area contributed by atoms with Gasteiger partial charge in [0.1, 0.15) is 5.75 Å². The van der Waals surface area contributed by atoms with Crippen molar-refractivity contribution in [2.75, 3.05) is 30.4 Å². The first-order valence-corrected chi connectivity index (χ1v) is 15.2. The van der Waals surface area contributed by atoms with Crippen LogP contribution < -0.4 is 15.0 Å². The van der Waals surface area contributed by atoms with E-state index in [9.17, 15) is 18.0 Å². The van der Waals surface area contributed by atoms with E-state index in [1.54, 1.807) is 84.8 Å². The van der Waals surface area contributed by atoms with E-state index in [1.807, 2.05) is 13.0 Å². The predicted octanol–water partition coefficient (Wildman–Crippen LogP) is 5.69. The van der Waals surface area contributed by atoms with Gasteiger partial charge in [-0.25, -0.2) is 8.42 Å². The van der Waals surface area contributed by atoms with Gasteiger partial charge in [-0.1, -0.05) is 47.5 Å². The zero-order valence-corrected chi connectivity index (χ0v) is 24.8. The standard InChI is InChI=1S/C32H30ClN3O5S/c1-22-3-15-29(16-4-22)42(39,40)35(20-23-5-10-26(33)11-6-23)21-31(37)34-27-12-7-24-17-18-36(30(24)19-27)32(38)25-8-13-28(41-2)14-9-25/h3-16,19H,17-18,20-21H2,1-2H3,(H,34,37). The topological polar surface area (TPSA) is 96.0 Å². The Bertz CT molecular complexity index is 1710. The number of ether oxygens (including phenoxy) is 1. The van der Waals surface area contributed by atoms with Gasteiger partial charge in [0, 0.05) is 35.1 Å². The number of halogens is 1. The summed E-state index contributed by atoms with van der Waals surface area (Å²) in [5, 5.41) is 3.35. The molecule has 1 aliphatic heterocycles. The summed E-state index contributed by atoms with van der Waals surface area (Å²) in [5.74, 6) is -0.00305. The minimum absolute atomic E-state index is 0.0187. The Morgan fingerprint density at radius 2 is 1.64 bits per heavy atom. The van der Waals surface area contributed by atoms with Gasteiger partial charge in [-0.3, -0.25) is 9.59 Å². The van der Waals surface area contributed by atoms with E-state index < -0.39 is 22.5 Å². The second-order valence-corrected chi connectivity index (χ2v) is 12.4. The number of rotatable bonds is 9. The molecule has 4 aromatic rings. The van der Waals surface area contributed by atoms with Gasteiger partial charge < -0.3 is 15.0 Å². The number of anilines is 2. The lowest BCUT2D eigenvalue weighted by molar-refractivity contribution is -0.116. The molecule has 0 atom stereocenters. The van der Waals surface area contributed by atoms with E-state index >= 15 is 0 Å². The van der Waals surface area contributed by atoms with Crippen LogP contribution in [0.25, 0.3) is 0 Å². The summed E-state index contributed by atoms with van der Waals surface area (Å²) in [4.78, 5) is 28.3. The Labute approximate surface area is 250 Å². The normalized spacial score (nSPS) is 12.7. The summed E-state index contributed by atoms with van der Waals surface area (Å²) in [7, 11) is -2.43. The first-order chi connectivity index (χ1) is 20.1. The fourth-order valence-electron chi connectivity index (χ4n) is 4.80. The third-order valence-electron chi connectivity index (χ3n) is 7.10. The maximum absolute atomic E-state index is 13.6. The molecule has 0 radical (unpaired) electrons. The number of methoxy groups -OCH3 is 1. The number of nitrogens with one attached hydrogen (secondary N) is 1. The van der Waals surface area contributed by atoms with Crippen LogP contribution in [-0.4, -0.2) is 44.7 Å².